The first-order valence-electron chi connectivity index (χ1n) is 6.68. The molecular formula is C17H15ClF3N. The Morgan fingerprint density at radius 3 is 1.77 bits per heavy atom. The zero-order valence-corrected chi connectivity index (χ0v) is 12.4. The van der Waals surface area contributed by atoms with Crippen LogP contribution in [-0.2, 0) is 0 Å². The highest BCUT2D eigenvalue weighted by Crippen LogP contribution is 2.36. The molecule has 0 spiro atoms. The molecule has 0 aliphatic rings. The van der Waals surface area contributed by atoms with E-state index in [1.165, 1.54) is 0 Å². The van der Waals surface area contributed by atoms with E-state index in [9.17, 15) is 13.2 Å². The molecule has 0 fully saturated rings. The third-order valence-electron chi connectivity index (χ3n) is 3.64. The number of nitrogens with two attached hydrogens (primary N) is 1. The van der Waals surface area contributed by atoms with Crippen LogP contribution in [0.25, 0.3) is 21.5 Å². The minimum Gasteiger partial charge on any atom is -0.324 e. The number of fused-ring (bicyclic) bond motifs is 2. The second-order valence-electron chi connectivity index (χ2n) is 5.16. The lowest BCUT2D eigenvalue weighted by Crippen LogP contribution is -2.20. The summed E-state index contributed by atoms with van der Waals surface area (Å²) in [7, 11) is 0. The standard InChI is InChI=1S/C17H14F3N.ClH/c18-17(19,20)10-15(21)16-13-7-3-1-5-11(13)9-12-6-2-4-8-14(12)16;/h1-9,15H,10,21H2;1H/t15-;/m0./s1. The molecule has 0 aliphatic carbocycles. The van der Waals surface area contributed by atoms with Gasteiger partial charge in [0.2, 0.25) is 0 Å². The fourth-order valence-electron chi connectivity index (χ4n) is 2.80. The monoisotopic (exact) mass is 325 g/mol. The second-order valence-corrected chi connectivity index (χ2v) is 5.16. The quantitative estimate of drug-likeness (QED) is 0.630. The number of rotatable bonds is 2. The molecule has 0 amide bonds. The minimum atomic E-state index is -4.28. The number of hydrogen-bond acceptors (Lipinski definition) is 1. The van der Waals surface area contributed by atoms with E-state index in [1.807, 2.05) is 54.6 Å². The van der Waals surface area contributed by atoms with Gasteiger partial charge in [-0.25, -0.2) is 0 Å². The molecule has 3 aromatic rings. The largest absolute Gasteiger partial charge is 0.390 e. The van der Waals surface area contributed by atoms with Crippen molar-refractivity contribution >= 4 is 34.0 Å². The summed E-state index contributed by atoms with van der Waals surface area (Å²) in [6, 6.07) is 15.7. The Bertz CT molecular complexity index is 745. The Kier molecular flexibility index (Phi) is 4.63. The van der Waals surface area contributed by atoms with E-state index >= 15 is 0 Å². The highest BCUT2D eigenvalue weighted by Gasteiger charge is 2.32. The van der Waals surface area contributed by atoms with Crippen LogP contribution in [0.4, 0.5) is 13.2 Å². The highest BCUT2D eigenvalue weighted by molar-refractivity contribution is 6.02. The first-order valence-corrected chi connectivity index (χ1v) is 6.68. The van der Waals surface area contributed by atoms with Crippen LogP contribution in [0.3, 0.4) is 0 Å². The van der Waals surface area contributed by atoms with Gasteiger partial charge in [-0.2, -0.15) is 13.2 Å². The SMILES string of the molecule is Cl.N[C@@H](CC(F)(F)F)c1c2ccccc2cc2ccccc12. The Balaban J connectivity index is 0.00000176. The Hall–Kier alpha value is -1.78. The van der Waals surface area contributed by atoms with Gasteiger partial charge in [0.1, 0.15) is 0 Å². The second kappa shape index (κ2) is 6.15. The van der Waals surface area contributed by atoms with Crippen LogP contribution in [0, 0.1) is 0 Å². The average Bonchev–Trinajstić information content (AvgIpc) is 2.42. The van der Waals surface area contributed by atoms with Gasteiger partial charge in [0, 0.05) is 6.04 Å². The third-order valence-corrected chi connectivity index (χ3v) is 3.64. The van der Waals surface area contributed by atoms with E-state index in [0.717, 1.165) is 21.5 Å². The molecule has 3 rings (SSSR count). The normalized spacial score (nSPS) is 13.1. The average molecular weight is 326 g/mol. The number of hydrogen-bond donors (Lipinski definition) is 1. The summed E-state index contributed by atoms with van der Waals surface area (Å²) in [6.07, 6.45) is -5.30. The van der Waals surface area contributed by atoms with Crippen molar-refractivity contribution < 1.29 is 13.2 Å². The summed E-state index contributed by atoms with van der Waals surface area (Å²) in [5.41, 5.74) is 6.46. The highest BCUT2D eigenvalue weighted by atomic mass is 35.5. The zero-order chi connectivity index (χ0) is 15.0. The number of alkyl halides is 3. The Morgan fingerprint density at radius 2 is 1.32 bits per heavy atom. The molecule has 0 unspecified atom stereocenters. The molecule has 22 heavy (non-hydrogen) atoms. The number of halogens is 4. The summed E-state index contributed by atoms with van der Waals surface area (Å²) in [4.78, 5) is 0. The number of benzene rings is 3. The van der Waals surface area contributed by atoms with Gasteiger partial charge >= 0.3 is 6.18 Å². The van der Waals surface area contributed by atoms with Gasteiger partial charge in [-0.1, -0.05) is 48.5 Å². The summed E-state index contributed by atoms with van der Waals surface area (Å²) in [6.45, 7) is 0. The first-order chi connectivity index (χ1) is 9.96. The first kappa shape index (κ1) is 16.6. The maximum absolute atomic E-state index is 12.7. The predicted molar refractivity (Wildman–Crippen MR) is 86.3 cm³/mol. The molecule has 116 valence electrons. The van der Waals surface area contributed by atoms with Crippen LogP contribution < -0.4 is 5.73 Å². The maximum atomic E-state index is 12.7. The van der Waals surface area contributed by atoms with Gasteiger partial charge in [0.25, 0.3) is 0 Å². The lowest BCUT2D eigenvalue weighted by molar-refractivity contribution is -0.138. The van der Waals surface area contributed by atoms with Crippen LogP contribution in [0.15, 0.2) is 54.6 Å². The van der Waals surface area contributed by atoms with Crippen molar-refractivity contribution in [2.75, 3.05) is 0 Å². The topological polar surface area (TPSA) is 26.0 Å². The van der Waals surface area contributed by atoms with Crippen LogP contribution in [0.5, 0.6) is 0 Å². The van der Waals surface area contributed by atoms with E-state index in [4.69, 9.17) is 5.73 Å². The van der Waals surface area contributed by atoms with E-state index in [2.05, 4.69) is 0 Å². The summed E-state index contributed by atoms with van der Waals surface area (Å²) >= 11 is 0. The zero-order valence-electron chi connectivity index (χ0n) is 11.6. The fourth-order valence-corrected chi connectivity index (χ4v) is 2.80. The van der Waals surface area contributed by atoms with Gasteiger partial charge < -0.3 is 5.73 Å². The van der Waals surface area contributed by atoms with Crippen LogP contribution in [0.2, 0.25) is 0 Å². The molecule has 5 heteroatoms. The molecule has 0 heterocycles. The van der Waals surface area contributed by atoms with Gasteiger partial charge in [0.05, 0.1) is 6.42 Å². The third kappa shape index (κ3) is 3.18. The molecule has 1 nitrogen and oxygen atoms in total. The lowest BCUT2D eigenvalue weighted by atomic mass is 9.91. The lowest BCUT2D eigenvalue weighted by Gasteiger charge is -2.19. The summed E-state index contributed by atoms with van der Waals surface area (Å²) < 4.78 is 38.1. The molecule has 0 bridgehead atoms. The van der Waals surface area contributed by atoms with Crippen LogP contribution in [0.1, 0.15) is 18.0 Å². The maximum Gasteiger partial charge on any atom is 0.390 e. The van der Waals surface area contributed by atoms with E-state index in [-0.39, 0.29) is 12.4 Å². The molecule has 1 atom stereocenters. The van der Waals surface area contributed by atoms with Gasteiger partial charge in [-0.05, 0) is 33.2 Å². The van der Waals surface area contributed by atoms with Gasteiger partial charge in [0.15, 0.2) is 0 Å². The van der Waals surface area contributed by atoms with Crippen molar-refractivity contribution in [3.05, 3.63) is 60.2 Å². The van der Waals surface area contributed by atoms with Crippen molar-refractivity contribution in [3.63, 3.8) is 0 Å². The van der Waals surface area contributed by atoms with Crippen molar-refractivity contribution in [2.45, 2.75) is 18.6 Å². The van der Waals surface area contributed by atoms with E-state index in [0.29, 0.717) is 5.56 Å². The van der Waals surface area contributed by atoms with Crippen molar-refractivity contribution in [1.29, 1.82) is 0 Å². The minimum absolute atomic E-state index is 0. The van der Waals surface area contributed by atoms with Gasteiger partial charge in [-0.15, -0.1) is 12.4 Å². The summed E-state index contributed by atoms with van der Waals surface area (Å²) in [5, 5.41) is 3.38. The predicted octanol–water partition coefficient (Wildman–Crippen LogP) is 5.37. The molecule has 0 aliphatic heterocycles. The molecule has 2 N–H and O–H groups in total. The smallest absolute Gasteiger partial charge is 0.324 e. The van der Waals surface area contributed by atoms with Crippen LogP contribution >= 0.6 is 12.4 Å². The Morgan fingerprint density at radius 1 is 0.864 bits per heavy atom. The molecule has 0 radical (unpaired) electrons. The molecule has 0 saturated heterocycles. The molecular weight excluding hydrogens is 311 g/mol. The van der Waals surface area contributed by atoms with E-state index < -0.39 is 18.6 Å². The molecule has 0 saturated carbocycles. The van der Waals surface area contributed by atoms with Gasteiger partial charge in [-0.3, -0.25) is 0 Å². The van der Waals surface area contributed by atoms with Crippen LogP contribution in [-0.4, -0.2) is 6.18 Å². The van der Waals surface area contributed by atoms with Crippen molar-refractivity contribution in [1.82, 2.24) is 0 Å². The van der Waals surface area contributed by atoms with Crippen molar-refractivity contribution in [2.24, 2.45) is 5.73 Å². The molecule has 0 aromatic heterocycles. The van der Waals surface area contributed by atoms with E-state index in [1.54, 1.807) is 0 Å². The Labute approximate surface area is 132 Å². The summed E-state index contributed by atoms with van der Waals surface area (Å²) in [5.74, 6) is 0. The fraction of sp³-hybridized carbons (Fsp3) is 0.176. The van der Waals surface area contributed by atoms with Crippen molar-refractivity contribution in [3.8, 4) is 0 Å². The molecule has 3 aromatic carbocycles.